The van der Waals surface area contributed by atoms with Crippen LogP contribution >= 0.6 is 0 Å². The van der Waals surface area contributed by atoms with E-state index in [1.54, 1.807) is 0 Å². The third-order valence-corrected chi connectivity index (χ3v) is 3.98. The van der Waals surface area contributed by atoms with Crippen molar-refractivity contribution < 1.29 is 48.3 Å². The molecule has 0 spiro atoms. The van der Waals surface area contributed by atoms with Crippen molar-refractivity contribution >= 4 is 23.9 Å². The fourth-order valence-electron chi connectivity index (χ4n) is 2.43. The molecule has 0 fully saturated rings. The molecule has 170 valence electrons. The summed E-state index contributed by atoms with van der Waals surface area (Å²) in [5.74, 6) is -3.57. The van der Waals surface area contributed by atoms with Gasteiger partial charge in [0, 0.05) is 0 Å². The number of hydrogen-bond donors (Lipinski definition) is 2. The molecule has 2 N–H and O–H groups in total. The van der Waals surface area contributed by atoms with E-state index in [1.807, 2.05) is 0 Å². The van der Waals surface area contributed by atoms with Gasteiger partial charge in [-0.2, -0.15) is 0 Å². The van der Waals surface area contributed by atoms with E-state index in [0.717, 1.165) is 0 Å². The van der Waals surface area contributed by atoms with E-state index >= 15 is 0 Å². The van der Waals surface area contributed by atoms with Crippen molar-refractivity contribution in [3.63, 3.8) is 0 Å². The van der Waals surface area contributed by atoms with Crippen LogP contribution in [0.2, 0.25) is 0 Å². The highest BCUT2D eigenvalue weighted by atomic mass is 16.6. The summed E-state index contributed by atoms with van der Waals surface area (Å²) in [5.41, 5.74) is 0.259. The Bertz CT molecular complexity index is 876. The first-order chi connectivity index (χ1) is 15.4. The number of carboxylic acids is 2. The van der Waals surface area contributed by atoms with Crippen LogP contribution in [0.4, 0.5) is 0 Å². The Morgan fingerprint density at radius 2 is 0.906 bits per heavy atom. The molecule has 2 aromatic rings. The van der Waals surface area contributed by atoms with Crippen molar-refractivity contribution in [2.45, 2.75) is 0 Å². The lowest BCUT2D eigenvalue weighted by Gasteiger charge is -2.08. The van der Waals surface area contributed by atoms with Crippen LogP contribution in [-0.2, 0) is 18.9 Å². The summed E-state index contributed by atoms with van der Waals surface area (Å²) in [6.45, 7) is 0.679. The summed E-state index contributed by atoms with van der Waals surface area (Å²) in [6, 6.07) is 11.0. The maximum absolute atomic E-state index is 11.9. The van der Waals surface area contributed by atoms with E-state index in [1.165, 1.54) is 48.5 Å². The van der Waals surface area contributed by atoms with E-state index in [0.29, 0.717) is 0 Å². The zero-order valence-electron chi connectivity index (χ0n) is 17.0. The molecule has 0 aliphatic carbocycles. The third kappa shape index (κ3) is 8.17. The number of rotatable bonds is 13. The highest BCUT2D eigenvalue weighted by Gasteiger charge is 2.11. The molecule has 0 unspecified atom stereocenters. The molecule has 0 aliphatic heterocycles. The van der Waals surface area contributed by atoms with E-state index < -0.39 is 23.9 Å². The molecule has 32 heavy (non-hydrogen) atoms. The molecule has 0 heterocycles. The minimum absolute atomic E-state index is 0.00712. The summed E-state index contributed by atoms with van der Waals surface area (Å²) in [4.78, 5) is 45.6. The summed E-state index contributed by atoms with van der Waals surface area (Å²) < 4.78 is 20.5. The van der Waals surface area contributed by atoms with Crippen LogP contribution in [0.25, 0.3) is 0 Å². The van der Waals surface area contributed by atoms with Gasteiger partial charge in [0.1, 0.15) is 13.2 Å². The molecule has 0 atom stereocenters. The second-order valence-electron chi connectivity index (χ2n) is 6.27. The topological polar surface area (TPSA) is 146 Å². The van der Waals surface area contributed by atoms with Gasteiger partial charge in [-0.1, -0.05) is 12.1 Å². The molecular weight excluding hydrogens is 424 g/mol. The van der Waals surface area contributed by atoms with Crippen LogP contribution in [0.5, 0.6) is 0 Å². The molecule has 0 saturated carbocycles. The summed E-state index contributed by atoms with van der Waals surface area (Å²) >= 11 is 0. The Labute approximate surface area is 183 Å². The molecule has 0 saturated heterocycles. The summed E-state index contributed by atoms with van der Waals surface area (Å²) in [5, 5.41) is 17.8. The van der Waals surface area contributed by atoms with Gasteiger partial charge in [0.25, 0.3) is 0 Å². The number of esters is 2. The second-order valence-corrected chi connectivity index (χ2v) is 6.27. The van der Waals surface area contributed by atoms with Crippen molar-refractivity contribution in [2.75, 3.05) is 39.6 Å². The largest absolute Gasteiger partial charge is 0.478 e. The number of ether oxygens (including phenoxy) is 4. The maximum Gasteiger partial charge on any atom is 0.338 e. The first-order valence-corrected chi connectivity index (χ1v) is 9.55. The zero-order chi connectivity index (χ0) is 23.3. The lowest BCUT2D eigenvalue weighted by atomic mass is 10.1. The third-order valence-electron chi connectivity index (χ3n) is 3.98. The molecule has 0 amide bonds. The minimum atomic E-state index is -1.13. The van der Waals surface area contributed by atoms with Crippen LogP contribution in [-0.4, -0.2) is 73.7 Å². The average molecular weight is 446 g/mol. The van der Waals surface area contributed by atoms with Gasteiger partial charge in [-0.3, -0.25) is 0 Å². The number of benzene rings is 2. The van der Waals surface area contributed by atoms with Crippen molar-refractivity contribution in [2.24, 2.45) is 0 Å². The first-order valence-electron chi connectivity index (χ1n) is 9.55. The van der Waals surface area contributed by atoms with Crippen molar-refractivity contribution in [1.29, 1.82) is 0 Å². The SMILES string of the molecule is O=C(O)c1cccc(C(=O)OCCOCCOCCOC(=O)c2cccc(C(=O)O)c2)c1. The predicted molar refractivity (Wildman–Crippen MR) is 109 cm³/mol. The molecule has 0 aromatic heterocycles. The first kappa shape index (κ1) is 24.5. The Hall–Kier alpha value is -3.76. The number of carbonyl (C=O) groups is 4. The predicted octanol–water partition coefficient (Wildman–Crippen LogP) is 2.13. The zero-order valence-corrected chi connectivity index (χ0v) is 17.0. The van der Waals surface area contributed by atoms with Gasteiger partial charge < -0.3 is 29.2 Å². The minimum Gasteiger partial charge on any atom is -0.478 e. The number of carbonyl (C=O) groups excluding carboxylic acids is 2. The Morgan fingerprint density at radius 1 is 0.562 bits per heavy atom. The molecule has 10 nitrogen and oxygen atoms in total. The standard InChI is InChI=1S/C22H22O10/c23-19(24)15-3-1-5-17(13-15)21(27)31-11-9-29-7-8-30-10-12-32-22(28)18-6-2-4-16(14-18)20(25)26/h1-6,13-14H,7-12H2,(H,23,24)(H,25,26). The lowest BCUT2D eigenvalue weighted by Crippen LogP contribution is -2.15. The highest BCUT2D eigenvalue weighted by Crippen LogP contribution is 2.08. The van der Waals surface area contributed by atoms with Gasteiger partial charge in [-0.25, -0.2) is 19.2 Å². The second kappa shape index (κ2) is 12.8. The van der Waals surface area contributed by atoms with E-state index in [-0.39, 0.29) is 61.9 Å². The van der Waals surface area contributed by atoms with Crippen LogP contribution < -0.4 is 0 Å². The van der Waals surface area contributed by atoms with Gasteiger partial charge in [-0.15, -0.1) is 0 Å². The molecule has 0 aliphatic rings. The van der Waals surface area contributed by atoms with Gasteiger partial charge >= 0.3 is 23.9 Å². The fraction of sp³-hybridized carbons (Fsp3) is 0.273. The van der Waals surface area contributed by atoms with Crippen molar-refractivity contribution in [3.8, 4) is 0 Å². The van der Waals surface area contributed by atoms with Crippen LogP contribution in [0.15, 0.2) is 48.5 Å². The molecule has 10 heteroatoms. The quantitative estimate of drug-likeness (QED) is 0.346. The summed E-state index contributed by atoms with van der Waals surface area (Å²) in [7, 11) is 0. The van der Waals surface area contributed by atoms with E-state index in [2.05, 4.69) is 0 Å². The van der Waals surface area contributed by atoms with E-state index in [9.17, 15) is 19.2 Å². The molecular formula is C22H22O10. The van der Waals surface area contributed by atoms with Crippen LogP contribution in [0.3, 0.4) is 0 Å². The van der Waals surface area contributed by atoms with Gasteiger partial charge in [0.15, 0.2) is 0 Å². The highest BCUT2D eigenvalue weighted by molar-refractivity contribution is 5.95. The molecule has 2 aromatic carbocycles. The van der Waals surface area contributed by atoms with Gasteiger partial charge in [-0.05, 0) is 36.4 Å². The number of aromatic carboxylic acids is 2. The molecule has 0 radical (unpaired) electrons. The van der Waals surface area contributed by atoms with Crippen LogP contribution in [0.1, 0.15) is 41.4 Å². The van der Waals surface area contributed by atoms with Gasteiger partial charge in [0.05, 0.1) is 48.7 Å². The smallest absolute Gasteiger partial charge is 0.338 e. The maximum atomic E-state index is 11.9. The molecule has 2 rings (SSSR count). The summed E-state index contributed by atoms with van der Waals surface area (Å²) in [6.07, 6.45) is 0. The van der Waals surface area contributed by atoms with Crippen molar-refractivity contribution in [3.05, 3.63) is 70.8 Å². The monoisotopic (exact) mass is 446 g/mol. The van der Waals surface area contributed by atoms with Crippen molar-refractivity contribution in [1.82, 2.24) is 0 Å². The molecule has 0 bridgehead atoms. The Balaban J connectivity index is 1.52. The van der Waals surface area contributed by atoms with Gasteiger partial charge in [0.2, 0.25) is 0 Å². The normalized spacial score (nSPS) is 10.4. The number of carboxylic acid groups (broad SMARTS) is 2. The Kier molecular flexibility index (Phi) is 9.82. The lowest BCUT2D eigenvalue weighted by molar-refractivity contribution is 0.00229. The average Bonchev–Trinajstić information content (AvgIpc) is 2.80. The fourth-order valence-corrected chi connectivity index (χ4v) is 2.43. The van der Waals surface area contributed by atoms with Crippen LogP contribution in [0, 0.1) is 0 Å². The van der Waals surface area contributed by atoms with E-state index in [4.69, 9.17) is 29.2 Å². The number of hydrogen-bond acceptors (Lipinski definition) is 8. The Morgan fingerprint density at radius 3 is 1.28 bits per heavy atom.